The Bertz CT molecular complexity index is 581. The van der Waals surface area contributed by atoms with Crippen LogP contribution in [0.2, 0.25) is 0 Å². The average molecular weight is 255 g/mol. The quantitative estimate of drug-likeness (QED) is 0.893. The van der Waals surface area contributed by atoms with Crippen LogP contribution < -0.4 is 0 Å². The second kappa shape index (κ2) is 6.17. The zero-order valence-corrected chi connectivity index (χ0v) is 11.0. The Labute approximate surface area is 113 Å². The predicted octanol–water partition coefficient (Wildman–Crippen LogP) is 2.71. The Hall–Kier alpha value is -2.12. The van der Waals surface area contributed by atoms with E-state index in [1.54, 1.807) is 0 Å². The highest BCUT2D eigenvalue weighted by molar-refractivity contribution is 5.58. The number of unbranched alkanes of at least 4 members (excludes halogenated alkanes) is 1. The van der Waals surface area contributed by atoms with Crippen molar-refractivity contribution in [3.8, 4) is 17.5 Å². The predicted molar refractivity (Wildman–Crippen MR) is 73.2 cm³/mol. The van der Waals surface area contributed by atoms with Gasteiger partial charge in [-0.3, -0.25) is 0 Å². The van der Waals surface area contributed by atoms with Crippen molar-refractivity contribution < 1.29 is 5.11 Å². The summed E-state index contributed by atoms with van der Waals surface area (Å²) in [6.45, 7) is 2.72. The van der Waals surface area contributed by atoms with E-state index >= 15 is 0 Å². The van der Waals surface area contributed by atoms with E-state index in [-0.39, 0.29) is 6.61 Å². The van der Waals surface area contributed by atoms with Crippen LogP contribution >= 0.6 is 0 Å². The maximum Gasteiger partial charge on any atom is 0.164 e. The lowest BCUT2D eigenvalue weighted by molar-refractivity contribution is 0.270. The zero-order valence-electron chi connectivity index (χ0n) is 11.0. The van der Waals surface area contributed by atoms with Gasteiger partial charge < -0.3 is 9.67 Å². The monoisotopic (exact) mass is 255 g/mol. The number of aliphatic hydroxyl groups is 1. The number of aliphatic hydroxyl groups excluding tert-OH is 1. The molecule has 4 heteroatoms. The molecule has 98 valence electrons. The highest BCUT2D eigenvalue weighted by Gasteiger charge is 2.16. The third kappa shape index (κ3) is 2.67. The fraction of sp³-hybridized carbons (Fsp3) is 0.333. The average Bonchev–Trinajstić information content (AvgIpc) is 2.83. The van der Waals surface area contributed by atoms with Crippen molar-refractivity contribution in [3.05, 3.63) is 41.7 Å². The molecule has 4 nitrogen and oxygen atoms in total. The molecule has 0 aliphatic rings. The second-order valence-electron chi connectivity index (χ2n) is 4.37. The Morgan fingerprint density at radius 3 is 2.63 bits per heavy atom. The van der Waals surface area contributed by atoms with Gasteiger partial charge in [-0.15, -0.1) is 0 Å². The van der Waals surface area contributed by atoms with Gasteiger partial charge in [-0.1, -0.05) is 43.7 Å². The molecule has 0 spiro atoms. The van der Waals surface area contributed by atoms with Crippen molar-refractivity contribution in [1.82, 2.24) is 9.55 Å². The van der Waals surface area contributed by atoms with Gasteiger partial charge >= 0.3 is 0 Å². The number of hydrogen-bond acceptors (Lipinski definition) is 3. The van der Waals surface area contributed by atoms with Crippen molar-refractivity contribution in [1.29, 1.82) is 5.26 Å². The van der Waals surface area contributed by atoms with Gasteiger partial charge in [0, 0.05) is 12.1 Å². The molecule has 0 bridgehead atoms. The molecule has 1 N–H and O–H groups in total. The summed E-state index contributed by atoms with van der Waals surface area (Å²) in [6.07, 6.45) is 2.05. The summed E-state index contributed by atoms with van der Waals surface area (Å²) < 4.78 is 1.96. The Kier molecular flexibility index (Phi) is 4.32. The number of nitriles is 1. The first-order valence-corrected chi connectivity index (χ1v) is 6.47. The molecule has 0 saturated carbocycles. The first-order chi connectivity index (χ1) is 9.31. The first-order valence-electron chi connectivity index (χ1n) is 6.47. The van der Waals surface area contributed by atoms with E-state index in [0.29, 0.717) is 11.4 Å². The molecule has 1 aromatic heterocycles. The molecular weight excluding hydrogens is 238 g/mol. The van der Waals surface area contributed by atoms with Gasteiger partial charge in [-0.25, -0.2) is 4.98 Å². The Balaban J connectivity index is 2.53. The third-order valence-electron chi connectivity index (χ3n) is 3.10. The lowest BCUT2D eigenvalue weighted by atomic mass is 10.2. The van der Waals surface area contributed by atoms with E-state index in [4.69, 9.17) is 5.26 Å². The van der Waals surface area contributed by atoms with E-state index in [9.17, 15) is 5.11 Å². The van der Waals surface area contributed by atoms with Crippen LogP contribution in [0.4, 0.5) is 0 Å². The SMILES string of the molecule is CCCCn1c(-c2ccccc2)nc(C#N)c1CO. The third-order valence-corrected chi connectivity index (χ3v) is 3.10. The number of aromatic nitrogens is 2. The lowest BCUT2D eigenvalue weighted by Crippen LogP contribution is -2.05. The van der Waals surface area contributed by atoms with Crippen LogP contribution in [0, 0.1) is 11.3 Å². The van der Waals surface area contributed by atoms with Crippen molar-refractivity contribution in [2.45, 2.75) is 32.9 Å². The first kappa shape index (κ1) is 13.3. The smallest absolute Gasteiger partial charge is 0.164 e. The number of imidazole rings is 1. The van der Waals surface area contributed by atoms with Gasteiger partial charge in [0.1, 0.15) is 11.9 Å². The number of hydrogen-bond donors (Lipinski definition) is 1. The minimum absolute atomic E-state index is 0.160. The van der Waals surface area contributed by atoms with Gasteiger partial charge in [-0.2, -0.15) is 5.26 Å². The lowest BCUT2D eigenvalue weighted by Gasteiger charge is -2.10. The Morgan fingerprint density at radius 1 is 1.32 bits per heavy atom. The van der Waals surface area contributed by atoms with E-state index < -0.39 is 0 Å². The van der Waals surface area contributed by atoms with Crippen LogP contribution in [0.15, 0.2) is 30.3 Å². The van der Waals surface area contributed by atoms with Gasteiger partial charge in [0.2, 0.25) is 0 Å². The van der Waals surface area contributed by atoms with E-state index in [1.165, 1.54) is 0 Å². The molecule has 0 amide bonds. The standard InChI is InChI=1S/C15H17N3O/c1-2-3-9-18-14(11-19)13(10-16)17-15(18)12-7-5-4-6-8-12/h4-8,19H,2-3,9,11H2,1H3. The molecule has 0 aliphatic carbocycles. The summed E-state index contributed by atoms with van der Waals surface area (Å²) in [7, 11) is 0. The van der Waals surface area contributed by atoms with E-state index in [1.807, 2.05) is 34.9 Å². The van der Waals surface area contributed by atoms with Gasteiger partial charge in [0.15, 0.2) is 5.69 Å². The van der Waals surface area contributed by atoms with Crippen LogP contribution in [-0.2, 0) is 13.2 Å². The molecule has 19 heavy (non-hydrogen) atoms. The largest absolute Gasteiger partial charge is 0.390 e. The van der Waals surface area contributed by atoms with Crippen LogP contribution in [-0.4, -0.2) is 14.7 Å². The topological polar surface area (TPSA) is 61.8 Å². The summed E-state index contributed by atoms with van der Waals surface area (Å²) in [6, 6.07) is 11.8. The summed E-state index contributed by atoms with van der Waals surface area (Å²) in [5, 5.41) is 18.6. The summed E-state index contributed by atoms with van der Waals surface area (Å²) in [5.74, 6) is 0.759. The molecule has 0 fully saturated rings. The normalized spacial score (nSPS) is 10.4. The highest BCUT2D eigenvalue weighted by Crippen LogP contribution is 2.23. The number of benzene rings is 1. The van der Waals surface area contributed by atoms with Crippen LogP contribution in [0.3, 0.4) is 0 Å². The van der Waals surface area contributed by atoms with Crippen molar-refractivity contribution in [2.24, 2.45) is 0 Å². The van der Waals surface area contributed by atoms with Crippen molar-refractivity contribution >= 4 is 0 Å². The van der Waals surface area contributed by atoms with Gasteiger partial charge in [0.25, 0.3) is 0 Å². The molecule has 2 rings (SSSR count). The maximum absolute atomic E-state index is 9.48. The summed E-state index contributed by atoms with van der Waals surface area (Å²) in [4.78, 5) is 4.36. The molecule has 1 heterocycles. The molecule has 1 aromatic carbocycles. The van der Waals surface area contributed by atoms with Crippen LogP contribution in [0.5, 0.6) is 0 Å². The van der Waals surface area contributed by atoms with Crippen LogP contribution in [0.25, 0.3) is 11.4 Å². The fourth-order valence-corrected chi connectivity index (χ4v) is 2.10. The van der Waals surface area contributed by atoms with Gasteiger partial charge in [-0.05, 0) is 6.42 Å². The fourth-order valence-electron chi connectivity index (χ4n) is 2.10. The van der Waals surface area contributed by atoms with Crippen LogP contribution in [0.1, 0.15) is 31.2 Å². The molecule has 0 atom stereocenters. The minimum Gasteiger partial charge on any atom is -0.390 e. The number of nitrogens with zero attached hydrogens (tertiary/aromatic N) is 3. The molecule has 2 aromatic rings. The number of rotatable bonds is 5. The van der Waals surface area contributed by atoms with E-state index in [2.05, 4.69) is 18.0 Å². The Morgan fingerprint density at radius 2 is 2.05 bits per heavy atom. The molecule has 0 unspecified atom stereocenters. The second-order valence-corrected chi connectivity index (χ2v) is 4.37. The maximum atomic E-state index is 9.48. The van der Waals surface area contributed by atoms with E-state index in [0.717, 1.165) is 30.8 Å². The molecule has 0 saturated heterocycles. The minimum atomic E-state index is -0.160. The van der Waals surface area contributed by atoms with Crippen molar-refractivity contribution in [2.75, 3.05) is 0 Å². The van der Waals surface area contributed by atoms with Gasteiger partial charge in [0.05, 0.1) is 12.3 Å². The zero-order chi connectivity index (χ0) is 13.7. The summed E-state index contributed by atoms with van der Waals surface area (Å²) >= 11 is 0. The molecule has 0 aliphatic heterocycles. The highest BCUT2D eigenvalue weighted by atomic mass is 16.3. The molecular formula is C15H17N3O. The van der Waals surface area contributed by atoms with Crippen molar-refractivity contribution in [3.63, 3.8) is 0 Å². The summed E-state index contributed by atoms with van der Waals surface area (Å²) in [5.41, 5.74) is 1.89. The molecule has 0 radical (unpaired) electrons.